The number of carbonyl (C=O) groups is 2. The zero-order valence-electron chi connectivity index (χ0n) is 24.0. The number of ether oxygens (including phenoxy) is 3. The third kappa shape index (κ3) is 8.03. The van der Waals surface area contributed by atoms with Crippen LogP contribution in [0.3, 0.4) is 0 Å². The summed E-state index contributed by atoms with van der Waals surface area (Å²) in [5.74, 6) is 0.697. The Morgan fingerprint density at radius 3 is 2.15 bits per heavy atom. The zero-order valence-corrected chi connectivity index (χ0v) is 24.8. The van der Waals surface area contributed by atoms with Gasteiger partial charge in [0.25, 0.3) is 0 Å². The smallest absolute Gasteiger partial charge is 0.244 e. The Hall–Kier alpha value is -3.47. The highest BCUT2D eigenvalue weighted by molar-refractivity contribution is 7.92. The van der Waals surface area contributed by atoms with Crippen LogP contribution in [-0.2, 0) is 26.2 Å². The Balaban J connectivity index is 1.94. The maximum Gasteiger partial charge on any atom is 0.244 e. The molecule has 0 aromatic heterocycles. The molecule has 1 aliphatic rings. The third-order valence-electron chi connectivity index (χ3n) is 7.18. The lowest BCUT2D eigenvalue weighted by Crippen LogP contribution is -2.53. The predicted octanol–water partition coefficient (Wildman–Crippen LogP) is 3.73. The Labute approximate surface area is 237 Å². The van der Waals surface area contributed by atoms with E-state index in [1.165, 1.54) is 25.2 Å². The van der Waals surface area contributed by atoms with Gasteiger partial charge >= 0.3 is 0 Å². The van der Waals surface area contributed by atoms with Crippen molar-refractivity contribution in [1.82, 2.24) is 10.2 Å². The molecule has 1 N–H and O–H groups in total. The van der Waals surface area contributed by atoms with Crippen molar-refractivity contribution in [3.05, 3.63) is 48.0 Å². The van der Waals surface area contributed by atoms with Crippen LogP contribution in [0.5, 0.6) is 17.2 Å². The molecule has 0 aliphatic heterocycles. The normalized spacial score (nSPS) is 14.6. The average Bonchev–Trinajstić information content (AvgIpc) is 2.95. The van der Waals surface area contributed by atoms with E-state index >= 15 is 0 Å². The van der Waals surface area contributed by atoms with Gasteiger partial charge in [0.05, 0.1) is 33.3 Å². The lowest BCUT2D eigenvalue weighted by atomic mass is 9.95. The molecule has 1 saturated carbocycles. The fraction of sp³-hybridized carbons (Fsp3) is 0.517. The minimum absolute atomic E-state index is 0.0764. The van der Waals surface area contributed by atoms with Gasteiger partial charge in [0.2, 0.25) is 21.8 Å². The quantitative estimate of drug-likeness (QED) is 0.387. The summed E-state index contributed by atoms with van der Waals surface area (Å²) in [6, 6.07) is 11.2. The van der Waals surface area contributed by atoms with Gasteiger partial charge in [-0.25, -0.2) is 8.42 Å². The highest BCUT2D eigenvalue weighted by Crippen LogP contribution is 2.32. The first-order chi connectivity index (χ1) is 19.1. The number of rotatable bonds is 13. The molecule has 40 heavy (non-hydrogen) atoms. The van der Waals surface area contributed by atoms with E-state index in [1.807, 2.05) is 19.1 Å². The van der Waals surface area contributed by atoms with Crippen molar-refractivity contribution in [1.29, 1.82) is 0 Å². The van der Waals surface area contributed by atoms with E-state index in [2.05, 4.69) is 5.32 Å². The summed E-state index contributed by atoms with van der Waals surface area (Å²) in [5.41, 5.74) is 1.03. The molecule has 0 heterocycles. The fourth-order valence-electron chi connectivity index (χ4n) is 4.99. The number of hydrogen-bond acceptors (Lipinski definition) is 7. The summed E-state index contributed by atoms with van der Waals surface area (Å²) in [4.78, 5) is 28.9. The second kappa shape index (κ2) is 14.2. The van der Waals surface area contributed by atoms with E-state index in [0.29, 0.717) is 23.7 Å². The molecule has 220 valence electrons. The Kier molecular flexibility index (Phi) is 11.1. The van der Waals surface area contributed by atoms with Crippen LogP contribution >= 0.6 is 0 Å². The average molecular weight is 576 g/mol. The highest BCUT2D eigenvalue weighted by atomic mass is 32.2. The first-order valence-corrected chi connectivity index (χ1v) is 15.4. The van der Waals surface area contributed by atoms with Gasteiger partial charge < -0.3 is 24.4 Å². The van der Waals surface area contributed by atoms with E-state index in [-0.39, 0.29) is 24.2 Å². The summed E-state index contributed by atoms with van der Waals surface area (Å²) >= 11 is 0. The summed E-state index contributed by atoms with van der Waals surface area (Å²) in [7, 11) is 0.626. The van der Waals surface area contributed by atoms with Gasteiger partial charge in [0.15, 0.2) is 11.5 Å². The number of sulfonamides is 1. The van der Waals surface area contributed by atoms with Crippen molar-refractivity contribution in [2.45, 2.75) is 64.1 Å². The Bertz CT molecular complexity index is 1240. The Morgan fingerprint density at radius 2 is 1.60 bits per heavy atom. The number of methoxy groups -OCH3 is 3. The van der Waals surface area contributed by atoms with Crippen molar-refractivity contribution in [2.75, 3.05) is 38.4 Å². The molecule has 2 aromatic rings. The van der Waals surface area contributed by atoms with Crippen LogP contribution < -0.4 is 23.8 Å². The first kappa shape index (κ1) is 31.1. The van der Waals surface area contributed by atoms with Crippen LogP contribution in [0.25, 0.3) is 0 Å². The van der Waals surface area contributed by atoms with Crippen LogP contribution in [0.4, 0.5) is 5.69 Å². The standard InChI is InChI=1S/C29H41N3O7S/c1-6-25(29(34)30-22-10-8-7-9-11-22)31(19-21-12-15-24(37-2)16-13-21)28(33)20-32(40(5,35)36)23-14-17-26(38-3)27(18-23)39-4/h12-18,22,25H,6-11,19-20H2,1-5H3,(H,30,34)/t25-/m0/s1. The maximum atomic E-state index is 13.9. The van der Waals surface area contributed by atoms with Crippen LogP contribution in [0.1, 0.15) is 51.0 Å². The second-order valence-electron chi connectivity index (χ2n) is 9.95. The molecule has 2 amide bonds. The minimum Gasteiger partial charge on any atom is -0.497 e. The molecule has 1 atom stereocenters. The molecular formula is C29H41N3O7S. The van der Waals surface area contributed by atoms with Crippen LogP contribution in [-0.4, -0.2) is 71.3 Å². The fourth-order valence-corrected chi connectivity index (χ4v) is 5.83. The number of carbonyl (C=O) groups excluding carboxylic acids is 2. The van der Waals surface area contributed by atoms with E-state index < -0.39 is 28.5 Å². The number of hydrogen-bond donors (Lipinski definition) is 1. The van der Waals surface area contributed by atoms with E-state index in [0.717, 1.165) is 48.2 Å². The molecule has 2 aromatic carbocycles. The summed E-state index contributed by atoms with van der Waals surface area (Å²) in [6.45, 7) is 1.49. The van der Waals surface area contributed by atoms with Gasteiger partial charge in [0, 0.05) is 18.7 Å². The molecule has 0 bridgehead atoms. The first-order valence-electron chi connectivity index (χ1n) is 13.5. The number of nitrogens with zero attached hydrogens (tertiary/aromatic N) is 2. The predicted molar refractivity (Wildman–Crippen MR) is 154 cm³/mol. The van der Waals surface area contributed by atoms with Crippen LogP contribution in [0.15, 0.2) is 42.5 Å². The minimum atomic E-state index is -3.88. The molecule has 0 saturated heterocycles. The highest BCUT2D eigenvalue weighted by Gasteiger charge is 2.33. The molecule has 0 spiro atoms. The zero-order chi connectivity index (χ0) is 29.3. The van der Waals surface area contributed by atoms with E-state index in [9.17, 15) is 18.0 Å². The maximum absolute atomic E-state index is 13.9. The van der Waals surface area contributed by atoms with Gasteiger partial charge in [-0.05, 0) is 49.1 Å². The number of amides is 2. The lowest BCUT2D eigenvalue weighted by molar-refractivity contribution is -0.140. The monoisotopic (exact) mass is 575 g/mol. The third-order valence-corrected chi connectivity index (χ3v) is 8.32. The summed E-state index contributed by atoms with van der Waals surface area (Å²) < 4.78 is 42.7. The topological polar surface area (TPSA) is 114 Å². The van der Waals surface area contributed by atoms with Crippen molar-refractivity contribution in [2.24, 2.45) is 0 Å². The van der Waals surface area contributed by atoms with E-state index in [1.54, 1.807) is 31.4 Å². The lowest BCUT2D eigenvalue weighted by Gasteiger charge is -2.34. The van der Waals surface area contributed by atoms with Gasteiger partial charge in [-0.2, -0.15) is 0 Å². The molecule has 1 aliphatic carbocycles. The van der Waals surface area contributed by atoms with Crippen molar-refractivity contribution >= 4 is 27.5 Å². The second-order valence-corrected chi connectivity index (χ2v) is 11.9. The largest absolute Gasteiger partial charge is 0.497 e. The van der Waals surface area contributed by atoms with Crippen molar-refractivity contribution in [3.8, 4) is 17.2 Å². The van der Waals surface area contributed by atoms with Gasteiger partial charge in [-0.1, -0.05) is 38.3 Å². The Morgan fingerprint density at radius 1 is 0.950 bits per heavy atom. The molecular weight excluding hydrogens is 534 g/mol. The number of anilines is 1. The molecule has 3 rings (SSSR count). The summed E-state index contributed by atoms with van der Waals surface area (Å²) in [6.07, 6.45) is 6.51. The molecule has 0 radical (unpaired) electrons. The van der Waals surface area contributed by atoms with Crippen LogP contribution in [0.2, 0.25) is 0 Å². The van der Waals surface area contributed by atoms with E-state index in [4.69, 9.17) is 14.2 Å². The van der Waals surface area contributed by atoms with Crippen molar-refractivity contribution in [3.63, 3.8) is 0 Å². The molecule has 1 fully saturated rings. The molecule has 11 heteroatoms. The van der Waals surface area contributed by atoms with Gasteiger partial charge in [0.1, 0.15) is 18.3 Å². The van der Waals surface area contributed by atoms with Crippen molar-refractivity contribution < 1.29 is 32.2 Å². The van der Waals surface area contributed by atoms with Crippen LogP contribution in [0, 0.1) is 0 Å². The SMILES string of the molecule is CC[C@@H](C(=O)NC1CCCCC1)N(Cc1ccc(OC)cc1)C(=O)CN(c1ccc(OC)c(OC)c1)S(C)(=O)=O. The molecule has 0 unspecified atom stereocenters. The molecule has 10 nitrogen and oxygen atoms in total. The number of benzene rings is 2. The summed E-state index contributed by atoms with van der Waals surface area (Å²) in [5, 5.41) is 3.14. The van der Waals surface area contributed by atoms with Gasteiger partial charge in [-0.15, -0.1) is 0 Å². The number of nitrogens with one attached hydrogen (secondary N) is 1. The van der Waals surface area contributed by atoms with Gasteiger partial charge in [-0.3, -0.25) is 13.9 Å².